The summed E-state index contributed by atoms with van der Waals surface area (Å²) in [6, 6.07) is 3.17. The van der Waals surface area contributed by atoms with Gasteiger partial charge in [-0.15, -0.1) is 0 Å². The Labute approximate surface area is 103 Å². The number of nitrogens with one attached hydrogen (secondary N) is 1. The molecule has 0 fully saturated rings. The summed E-state index contributed by atoms with van der Waals surface area (Å²) >= 11 is 0. The zero-order valence-corrected chi connectivity index (χ0v) is 10.3. The number of nitrogens with zero attached hydrogens (tertiary/aromatic N) is 1. The first-order valence-electron chi connectivity index (χ1n) is 4.85. The highest BCUT2D eigenvalue weighted by Crippen LogP contribution is 2.27. The standard InChI is InChI=1S/C9H12N2O6S/c1-17-8-6-7(11(13)14)2-3-9(8)18(15,16)10-4-5-12/h2-3,6,10,12H,4-5H2,1H3. The molecule has 0 atom stereocenters. The van der Waals surface area contributed by atoms with Crippen LogP contribution >= 0.6 is 0 Å². The van der Waals surface area contributed by atoms with Crippen LogP contribution in [-0.4, -0.2) is 38.7 Å². The largest absolute Gasteiger partial charge is 0.495 e. The smallest absolute Gasteiger partial charge is 0.273 e. The lowest BCUT2D eigenvalue weighted by Crippen LogP contribution is -2.27. The summed E-state index contributed by atoms with van der Waals surface area (Å²) in [5.41, 5.74) is -0.270. The Hall–Kier alpha value is -1.71. The van der Waals surface area contributed by atoms with Crippen molar-refractivity contribution in [3.63, 3.8) is 0 Å². The summed E-state index contributed by atoms with van der Waals surface area (Å²) < 4.78 is 30.5. The fraction of sp³-hybridized carbons (Fsp3) is 0.333. The first-order chi connectivity index (χ1) is 8.42. The first-order valence-corrected chi connectivity index (χ1v) is 6.33. The van der Waals surface area contributed by atoms with E-state index in [1.807, 2.05) is 0 Å². The molecule has 0 aliphatic heterocycles. The molecule has 0 saturated carbocycles. The van der Waals surface area contributed by atoms with Crippen molar-refractivity contribution in [1.29, 1.82) is 0 Å². The molecule has 0 radical (unpaired) electrons. The third-order valence-corrected chi connectivity index (χ3v) is 3.55. The van der Waals surface area contributed by atoms with Gasteiger partial charge in [-0.25, -0.2) is 13.1 Å². The van der Waals surface area contributed by atoms with Gasteiger partial charge in [-0.2, -0.15) is 0 Å². The van der Waals surface area contributed by atoms with E-state index < -0.39 is 14.9 Å². The lowest BCUT2D eigenvalue weighted by molar-refractivity contribution is -0.385. The van der Waals surface area contributed by atoms with Crippen LogP contribution in [0.4, 0.5) is 5.69 Å². The van der Waals surface area contributed by atoms with Crippen LogP contribution in [-0.2, 0) is 10.0 Å². The van der Waals surface area contributed by atoms with Crippen LogP contribution in [0.15, 0.2) is 23.1 Å². The summed E-state index contributed by atoms with van der Waals surface area (Å²) in [7, 11) is -2.65. The van der Waals surface area contributed by atoms with Gasteiger partial charge in [0.05, 0.1) is 24.7 Å². The maximum absolute atomic E-state index is 11.8. The number of sulfonamides is 1. The zero-order valence-electron chi connectivity index (χ0n) is 9.49. The zero-order chi connectivity index (χ0) is 13.8. The van der Waals surface area contributed by atoms with Crippen molar-refractivity contribution in [3.8, 4) is 5.75 Å². The average Bonchev–Trinajstić information content (AvgIpc) is 2.35. The summed E-state index contributed by atoms with van der Waals surface area (Å²) in [4.78, 5) is 9.68. The molecule has 0 aromatic heterocycles. The van der Waals surface area contributed by atoms with Gasteiger partial charge < -0.3 is 9.84 Å². The van der Waals surface area contributed by atoms with Crippen LogP contribution in [0.25, 0.3) is 0 Å². The molecular formula is C9H12N2O6S. The highest BCUT2D eigenvalue weighted by Gasteiger charge is 2.21. The Morgan fingerprint density at radius 2 is 2.17 bits per heavy atom. The molecule has 0 saturated heterocycles. The van der Waals surface area contributed by atoms with Gasteiger partial charge in [0, 0.05) is 12.6 Å². The third-order valence-electron chi connectivity index (χ3n) is 2.05. The first kappa shape index (κ1) is 14.4. The maximum atomic E-state index is 11.8. The molecule has 1 rings (SSSR count). The molecular weight excluding hydrogens is 264 g/mol. The number of hydrogen-bond donors (Lipinski definition) is 2. The SMILES string of the molecule is COc1cc([N+](=O)[O-])ccc1S(=O)(=O)NCCO. The van der Waals surface area contributed by atoms with Gasteiger partial charge in [0.1, 0.15) is 10.6 Å². The van der Waals surface area contributed by atoms with Gasteiger partial charge in [-0.1, -0.05) is 0 Å². The molecule has 18 heavy (non-hydrogen) atoms. The minimum Gasteiger partial charge on any atom is -0.495 e. The van der Waals surface area contributed by atoms with E-state index in [1.54, 1.807) is 0 Å². The highest BCUT2D eigenvalue weighted by atomic mass is 32.2. The number of nitro groups is 1. The number of hydrogen-bond acceptors (Lipinski definition) is 6. The number of aliphatic hydroxyl groups is 1. The van der Waals surface area contributed by atoms with Crippen molar-refractivity contribution >= 4 is 15.7 Å². The number of rotatable bonds is 6. The molecule has 0 spiro atoms. The monoisotopic (exact) mass is 276 g/mol. The Balaban J connectivity index is 3.21. The molecule has 8 nitrogen and oxygen atoms in total. The van der Waals surface area contributed by atoms with Crippen LogP contribution in [0, 0.1) is 10.1 Å². The Bertz CT molecular complexity index is 542. The van der Waals surface area contributed by atoms with Crippen molar-refractivity contribution in [2.45, 2.75) is 4.90 Å². The number of aliphatic hydroxyl groups excluding tert-OH is 1. The lowest BCUT2D eigenvalue weighted by Gasteiger charge is -2.09. The summed E-state index contributed by atoms with van der Waals surface area (Å²) in [6.45, 7) is -0.503. The molecule has 2 N–H and O–H groups in total. The molecule has 1 aromatic rings. The number of benzene rings is 1. The molecule has 100 valence electrons. The second kappa shape index (κ2) is 5.76. The summed E-state index contributed by atoms with van der Waals surface area (Å²) in [6.07, 6.45) is 0. The molecule has 9 heteroatoms. The quantitative estimate of drug-likeness (QED) is 0.552. The predicted molar refractivity (Wildman–Crippen MR) is 61.9 cm³/mol. The fourth-order valence-corrected chi connectivity index (χ4v) is 2.42. The van der Waals surface area contributed by atoms with E-state index in [0.29, 0.717) is 0 Å². The van der Waals surface area contributed by atoms with Crippen molar-refractivity contribution in [1.82, 2.24) is 4.72 Å². The van der Waals surface area contributed by atoms with Gasteiger partial charge in [-0.05, 0) is 6.07 Å². The number of non-ortho nitro benzene ring substituents is 1. The highest BCUT2D eigenvalue weighted by molar-refractivity contribution is 7.89. The fourth-order valence-electron chi connectivity index (χ4n) is 1.25. The molecule has 0 unspecified atom stereocenters. The van der Waals surface area contributed by atoms with Crippen molar-refractivity contribution in [3.05, 3.63) is 28.3 Å². The van der Waals surface area contributed by atoms with Gasteiger partial charge in [0.25, 0.3) is 5.69 Å². The molecule has 1 aromatic carbocycles. The van der Waals surface area contributed by atoms with E-state index in [4.69, 9.17) is 9.84 Å². The lowest BCUT2D eigenvalue weighted by atomic mass is 10.3. The molecule has 0 aliphatic rings. The second-order valence-corrected chi connectivity index (χ2v) is 4.95. The molecule has 0 aliphatic carbocycles. The van der Waals surface area contributed by atoms with Crippen molar-refractivity contribution < 1.29 is 23.2 Å². The van der Waals surface area contributed by atoms with E-state index in [-0.39, 0.29) is 29.5 Å². The van der Waals surface area contributed by atoms with E-state index in [1.165, 1.54) is 7.11 Å². The number of nitro benzene ring substituents is 1. The van der Waals surface area contributed by atoms with Crippen molar-refractivity contribution in [2.24, 2.45) is 0 Å². The number of ether oxygens (including phenoxy) is 1. The maximum Gasteiger partial charge on any atom is 0.273 e. The van der Waals surface area contributed by atoms with E-state index in [2.05, 4.69) is 4.72 Å². The van der Waals surface area contributed by atoms with Crippen molar-refractivity contribution in [2.75, 3.05) is 20.3 Å². The summed E-state index contributed by atoms with van der Waals surface area (Å²) in [5.74, 6) is -0.130. The molecule has 0 amide bonds. The Kier molecular flexibility index (Phi) is 4.59. The van der Waals surface area contributed by atoms with E-state index in [9.17, 15) is 18.5 Å². The Morgan fingerprint density at radius 1 is 1.50 bits per heavy atom. The predicted octanol–water partition coefficient (Wildman–Crippen LogP) is -0.126. The second-order valence-electron chi connectivity index (χ2n) is 3.21. The minimum atomic E-state index is -3.87. The van der Waals surface area contributed by atoms with Crippen LogP contribution in [0.2, 0.25) is 0 Å². The Morgan fingerprint density at radius 3 is 2.67 bits per heavy atom. The van der Waals surface area contributed by atoms with Crippen LogP contribution in [0.3, 0.4) is 0 Å². The topological polar surface area (TPSA) is 119 Å². The van der Waals surface area contributed by atoms with Gasteiger partial charge in [-0.3, -0.25) is 10.1 Å². The van der Waals surface area contributed by atoms with E-state index >= 15 is 0 Å². The molecule has 0 bridgehead atoms. The van der Waals surface area contributed by atoms with Crippen LogP contribution < -0.4 is 9.46 Å². The number of methoxy groups -OCH3 is 1. The van der Waals surface area contributed by atoms with E-state index in [0.717, 1.165) is 18.2 Å². The van der Waals surface area contributed by atoms with Gasteiger partial charge >= 0.3 is 0 Å². The third kappa shape index (κ3) is 3.15. The van der Waals surface area contributed by atoms with Crippen LogP contribution in [0.5, 0.6) is 5.75 Å². The van der Waals surface area contributed by atoms with Gasteiger partial charge in [0.2, 0.25) is 10.0 Å². The summed E-state index contributed by atoms with van der Waals surface area (Å²) in [5, 5.41) is 19.1. The van der Waals surface area contributed by atoms with Crippen LogP contribution in [0.1, 0.15) is 0 Å². The minimum absolute atomic E-state index is 0.130. The van der Waals surface area contributed by atoms with Gasteiger partial charge in [0.15, 0.2) is 0 Å². The normalized spacial score (nSPS) is 11.2. The average molecular weight is 276 g/mol. The molecule has 0 heterocycles.